The second kappa shape index (κ2) is 26.9. The number of piperidine rings is 1. The molecule has 3 aromatic heterocycles. The summed E-state index contributed by atoms with van der Waals surface area (Å²) in [5.74, 6) is 0.482. The van der Waals surface area contributed by atoms with Crippen LogP contribution in [-0.2, 0) is 48.9 Å². The van der Waals surface area contributed by atoms with Gasteiger partial charge in [0.1, 0.15) is 24.7 Å². The fraction of sp³-hybridized carbons (Fsp3) is 0.466. The minimum Gasteiger partial charge on any atom is -0.369 e. The van der Waals surface area contributed by atoms with Crippen LogP contribution in [-0.4, -0.2) is 140 Å². The number of alkyl halides is 3. The standard InChI is InChI=1S/C52H60F3N11O5.C4H8.C2H6/c1-56-49(69)15-14-45(34-68)59(2)31-41-27-43(13-12-40(41)33-67)64-22-20-63(21-23-64)28-36-8-10-39(11-9-36)50(70)61(4)42-16-18-62(19-17-42)29-38-25-46(52(53,54)55)47-32-65(51(71)66(47)30-38)44-7-5-6-37(24-44)26-48-58-57-35-60(48)3;1-2-4-3-1;1-2/h5-13,24-25,27,30,32-35,42,45H,14-23,26,28-29,31H2,1-4H3,(H,56,69);1-4H2;1-2H3. The highest BCUT2D eigenvalue weighted by Crippen LogP contribution is 2.34. The molecule has 3 fully saturated rings. The second-order valence-corrected chi connectivity index (χ2v) is 20.1. The van der Waals surface area contributed by atoms with Crippen molar-refractivity contribution in [1.82, 2.24) is 48.6 Å². The van der Waals surface area contributed by atoms with E-state index >= 15 is 0 Å². The minimum absolute atomic E-state index is 0.0517. The minimum atomic E-state index is -4.70. The molecule has 1 saturated carbocycles. The Bertz CT molecular complexity index is 2980. The summed E-state index contributed by atoms with van der Waals surface area (Å²) in [5, 5.41) is 10.6. The average Bonchev–Trinajstić information content (AvgIpc) is 4.02. The fourth-order valence-corrected chi connectivity index (χ4v) is 9.95. The normalized spacial score (nSPS) is 15.7. The van der Waals surface area contributed by atoms with E-state index < -0.39 is 23.5 Å². The topological polar surface area (TPSA) is 154 Å². The molecular formula is C58H74F3N11O5. The lowest BCUT2D eigenvalue weighted by molar-refractivity contribution is -0.136. The quantitative estimate of drug-likeness (QED) is 0.0839. The van der Waals surface area contributed by atoms with Crippen molar-refractivity contribution in [3.8, 4) is 5.69 Å². The lowest BCUT2D eigenvalue weighted by atomic mass is 10.0. The van der Waals surface area contributed by atoms with Crippen LogP contribution in [0.15, 0.2) is 96.3 Å². The maximum Gasteiger partial charge on any atom is 0.418 e. The van der Waals surface area contributed by atoms with Gasteiger partial charge < -0.3 is 24.5 Å². The smallest absolute Gasteiger partial charge is 0.369 e. The van der Waals surface area contributed by atoms with Crippen LogP contribution in [0.25, 0.3) is 11.2 Å². The summed E-state index contributed by atoms with van der Waals surface area (Å²) in [5.41, 5.74) is 3.97. The van der Waals surface area contributed by atoms with Gasteiger partial charge in [-0.05, 0) is 97.1 Å². The molecule has 2 amide bonds. The van der Waals surface area contributed by atoms with Crippen molar-refractivity contribution < 1.29 is 32.3 Å². The van der Waals surface area contributed by atoms with Crippen LogP contribution < -0.4 is 15.9 Å². The number of hydrogen-bond donors (Lipinski definition) is 1. The first-order valence-corrected chi connectivity index (χ1v) is 26.9. The zero-order chi connectivity index (χ0) is 55.2. The first-order chi connectivity index (χ1) is 37.1. The number of amides is 2. The number of likely N-dealkylation sites (N-methyl/N-ethyl adjacent to an activating group) is 1. The number of aromatic nitrogens is 5. The van der Waals surface area contributed by atoms with E-state index in [9.17, 15) is 37.1 Å². The van der Waals surface area contributed by atoms with Gasteiger partial charge in [0.25, 0.3) is 5.91 Å². The molecule has 2 saturated heterocycles. The molecule has 0 radical (unpaired) electrons. The van der Waals surface area contributed by atoms with Crippen molar-refractivity contribution in [1.29, 1.82) is 0 Å². The van der Waals surface area contributed by atoms with E-state index in [-0.39, 0.29) is 36.3 Å². The Balaban J connectivity index is 0.00000136. The molecule has 6 aromatic rings. The van der Waals surface area contributed by atoms with Gasteiger partial charge in [0.2, 0.25) is 5.91 Å². The van der Waals surface area contributed by atoms with Crippen LogP contribution in [0.1, 0.15) is 120 Å². The first-order valence-electron chi connectivity index (χ1n) is 26.9. The molecule has 1 N–H and O–H groups in total. The highest BCUT2D eigenvalue weighted by Gasteiger charge is 2.35. The number of pyridine rings is 1. The number of aldehydes is 2. The van der Waals surface area contributed by atoms with E-state index in [1.165, 1.54) is 42.6 Å². The Kier molecular flexibility index (Phi) is 20.2. The number of nitrogens with zero attached hydrogens (tertiary/aromatic N) is 10. The van der Waals surface area contributed by atoms with Crippen LogP contribution in [0.5, 0.6) is 0 Å². The third-order valence-electron chi connectivity index (χ3n) is 15.0. The molecule has 9 rings (SSSR count). The molecule has 19 heteroatoms. The lowest BCUT2D eigenvalue weighted by Gasteiger charge is -2.37. The summed E-state index contributed by atoms with van der Waals surface area (Å²) in [6.45, 7) is 9.62. The van der Waals surface area contributed by atoms with Crippen molar-refractivity contribution in [3.63, 3.8) is 0 Å². The molecule has 0 spiro atoms. The number of carbonyl (C=O) groups is 4. The number of benzene rings is 3. The number of nitrogens with one attached hydrogen (secondary N) is 1. The predicted octanol–water partition coefficient (Wildman–Crippen LogP) is 7.81. The van der Waals surface area contributed by atoms with E-state index in [0.717, 1.165) is 78.1 Å². The van der Waals surface area contributed by atoms with Crippen molar-refractivity contribution in [2.75, 3.05) is 65.3 Å². The zero-order valence-corrected chi connectivity index (χ0v) is 45.3. The number of piperazine rings is 1. The summed E-state index contributed by atoms with van der Waals surface area (Å²) in [6.07, 6.45) is 9.64. The molecular weight excluding hydrogens is 988 g/mol. The Morgan fingerprint density at radius 1 is 0.818 bits per heavy atom. The molecule has 2 aliphatic heterocycles. The van der Waals surface area contributed by atoms with Gasteiger partial charge in [-0.15, -0.1) is 10.2 Å². The largest absolute Gasteiger partial charge is 0.418 e. The third-order valence-corrected chi connectivity index (χ3v) is 15.0. The number of rotatable bonds is 18. The van der Waals surface area contributed by atoms with Crippen molar-refractivity contribution >= 4 is 35.6 Å². The third kappa shape index (κ3) is 14.8. The summed E-state index contributed by atoms with van der Waals surface area (Å²) in [7, 11) is 7.01. The molecule has 1 aliphatic carbocycles. The van der Waals surface area contributed by atoms with Crippen LogP contribution in [0.4, 0.5) is 18.9 Å². The summed E-state index contributed by atoms with van der Waals surface area (Å²) < 4.78 is 47.9. The maximum atomic E-state index is 14.6. The van der Waals surface area contributed by atoms with Gasteiger partial charge in [0, 0.05) is 128 Å². The number of aryl methyl sites for hydroxylation is 1. The van der Waals surface area contributed by atoms with Gasteiger partial charge in [0.15, 0.2) is 0 Å². The Hall–Kier alpha value is -6.96. The molecule has 412 valence electrons. The van der Waals surface area contributed by atoms with Gasteiger partial charge in [-0.25, -0.2) is 4.79 Å². The summed E-state index contributed by atoms with van der Waals surface area (Å²) in [6, 6.07) is 21.2. The molecule has 77 heavy (non-hydrogen) atoms. The molecule has 3 aliphatic rings. The maximum absolute atomic E-state index is 14.6. The van der Waals surface area contributed by atoms with E-state index in [0.29, 0.717) is 73.5 Å². The van der Waals surface area contributed by atoms with Crippen molar-refractivity contribution in [2.24, 2.45) is 7.05 Å². The molecule has 16 nitrogen and oxygen atoms in total. The van der Waals surface area contributed by atoms with Gasteiger partial charge in [-0.2, -0.15) is 13.2 Å². The first kappa shape index (κ1) is 57.7. The Labute approximate surface area is 449 Å². The van der Waals surface area contributed by atoms with Gasteiger partial charge >= 0.3 is 11.9 Å². The highest BCUT2D eigenvalue weighted by molar-refractivity contribution is 5.94. The molecule has 1 atom stereocenters. The fourth-order valence-electron chi connectivity index (χ4n) is 9.95. The van der Waals surface area contributed by atoms with Crippen molar-refractivity contribution in [2.45, 2.75) is 110 Å². The highest BCUT2D eigenvalue weighted by atomic mass is 19.4. The van der Waals surface area contributed by atoms with E-state index in [1.54, 1.807) is 48.1 Å². The van der Waals surface area contributed by atoms with Crippen LogP contribution >= 0.6 is 0 Å². The molecule has 1 unspecified atom stereocenters. The van der Waals surface area contributed by atoms with Gasteiger partial charge in [-0.1, -0.05) is 63.8 Å². The molecule has 3 aromatic carbocycles. The van der Waals surface area contributed by atoms with Gasteiger partial charge in [-0.3, -0.25) is 38.1 Å². The predicted molar refractivity (Wildman–Crippen MR) is 292 cm³/mol. The summed E-state index contributed by atoms with van der Waals surface area (Å²) >= 11 is 0. The Morgan fingerprint density at radius 3 is 2.10 bits per heavy atom. The Morgan fingerprint density at radius 2 is 1.49 bits per heavy atom. The molecule has 5 heterocycles. The monoisotopic (exact) mass is 1060 g/mol. The van der Waals surface area contributed by atoms with Crippen LogP contribution in [0, 0.1) is 0 Å². The summed E-state index contributed by atoms with van der Waals surface area (Å²) in [4.78, 5) is 73.4. The van der Waals surface area contributed by atoms with Crippen molar-refractivity contribution in [3.05, 3.63) is 147 Å². The SMILES string of the molecule is C1CCC1.CC.CNC(=O)CCC(C=O)N(C)Cc1cc(N2CCN(Cc3ccc(C(=O)N(C)C4CCN(Cc5cc(C(F)(F)F)c6cn(-c7cccc(Cc8nncn8C)c7)c(=O)n6c5)CC4)cc3)CC2)ccc1C=O. The van der Waals surface area contributed by atoms with Gasteiger partial charge in [0.05, 0.1) is 22.8 Å². The van der Waals surface area contributed by atoms with Crippen LogP contribution in [0.3, 0.4) is 0 Å². The lowest BCUT2D eigenvalue weighted by Crippen LogP contribution is -2.46. The number of carbonyl (C=O) groups excluding carboxylic acids is 4. The van der Waals surface area contributed by atoms with Crippen LogP contribution in [0.2, 0.25) is 0 Å². The van der Waals surface area contributed by atoms with E-state index in [1.807, 2.05) is 81.4 Å². The number of halogens is 3. The number of imidazole rings is 1. The number of hydrogen-bond acceptors (Lipinski definition) is 11. The zero-order valence-electron chi connectivity index (χ0n) is 45.3. The average molecular weight is 1060 g/mol. The number of anilines is 1. The number of likely N-dealkylation sites (tertiary alicyclic amines) is 1. The van der Waals surface area contributed by atoms with E-state index in [2.05, 4.69) is 30.2 Å². The van der Waals surface area contributed by atoms with E-state index in [4.69, 9.17) is 0 Å². The number of fused-ring (bicyclic) bond motifs is 1. The second-order valence-electron chi connectivity index (χ2n) is 20.1. The molecule has 0 bridgehead atoms.